The van der Waals surface area contributed by atoms with Gasteiger partial charge in [-0.05, 0) is 0 Å². The summed E-state index contributed by atoms with van der Waals surface area (Å²) in [5, 5.41) is 0. The topological polar surface area (TPSA) is 102 Å². The predicted molar refractivity (Wildman–Crippen MR) is 51.1 cm³/mol. The Morgan fingerprint density at radius 2 is 2.00 bits per heavy atom. The van der Waals surface area contributed by atoms with E-state index in [4.69, 9.17) is 15.2 Å². The Kier molecular flexibility index (Phi) is 5.76. The minimum absolute atomic E-state index is 0. The van der Waals surface area contributed by atoms with Gasteiger partial charge in [0.2, 0.25) is 0 Å². The van der Waals surface area contributed by atoms with Crippen molar-refractivity contribution in [1.29, 1.82) is 0 Å². The summed E-state index contributed by atoms with van der Waals surface area (Å²) in [6, 6.07) is 1.40. The van der Waals surface area contributed by atoms with Gasteiger partial charge in [-0.1, -0.05) is 0 Å². The molecule has 0 bridgehead atoms. The van der Waals surface area contributed by atoms with E-state index in [-0.39, 0.29) is 29.8 Å². The fourth-order valence-corrected chi connectivity index (χ4v) is 1.03. The number of aromatic nitrogens is 1. The number of amides is 1. The molecule has 0 spiro atoms. The molecule has 1 heterocycles. The fourth-order valence-electron chi connectivity index (χ4n) is 1.03. The Balaban J connectivity index is 0.00000256. The second-order valence-corrected chi connectivity index (χ2v) is 2.72. The second kappa shape index (κ2) is 6.54. The van der Waals surface area contributed by atoms with Crippen LogP contribution >= 0.6 is 0 Å². The molecule has 0 aromatic carbocycles. The third-order valence-corrected chi connectivity index (χ3v) is 1.54. The number of primary amides is 1. The molecule has 1 aromatic rings. The largest absolute Gasteiger partial charge is 1.00 e. The maximum Gasteiger partial charge on any atom is 0.414 e. The Hall–Kier alpha value is -2.02. The Bertz CT molecular complexity index is 424. The van der Waals surface area contributed by atoms with Gasteiger partial charge >= 0.3 is 17.9 Å². The number of esters is 1. The molecule has 1 rings (SSSR count). The minimum Gasteiger partial charge on any atom is -1.00 e. The van der Waals surface area contributed by atoms with Gasteiger partial charge in [0.05, 0.1) is 7.11 Å². The molecule has 7 nitrogen and oxygen atoms in total. The Labute approximate surface area is 103 Å². The summed E-state index contributed by atoms with van der Waals surface area (Å²) in [7, 11) is 1.36. The average molecular weight is 263 g/mol. The molecule has 0 saturated heterocycles. The number of methoxy groups -OCH3 is 1. The summed E-state index contributed by atoms with van der Waals surface area (Å²) in [6.45, 7) is 1.22. The number of pyridine rings is 1. The predicted octanol–water partition coefficient (Wildman–Crippen LogP) is -3.10. The van der Waals surface area contributed by atoms with Crippen LogP contribution in [0.3, 0.4) is 0 Å². The van der Waals surface area contributed by atoms with E-state index in [9.17, 15) is 9.59 Å². The van der Waals surface area contributed by atoms with Crippen LogP contribution in [0.25, 0.3) is 0 Å². The van der Waals surface area contributed by atoms with Gasteiger partial charge in [-0.15, -0.1) is 0 Å². The number of nitrogens with two attached hydrogens (primary N) is 1. The van der Waals surface area contributed by atoms with Crippen LogP contribution in [0, 0.1) is 0 Å². The van der Waals surface area contributed by atoms with Crippen LogP contribution in [0.5, 0.6) is 17.4 Å². The van der Waals surface area contributed by atoms with Crippen molar-refractivity contribution in [2.75, 3.05) is 7.11 Å². The minimum atomic E-state index is -1.04. The van der Waals surface area contributed by atoms with Crippen molar-refractivity contribution < 1.29 is 41.2 Å². The van der Waals surface area contributed by atoms with Crippen LogP contribution in [0.4, 0.5) is 4.79 Å². The highest BCUT2D eigenvalue weighted by molar-refractivity contribution is 5.73. The van der Waals surface area contributed by atoms with Crippen molar-refractivity contribution in [2.45, 2.75) is 6.92 Å². The number of halogens is 1. The maximum absolute atomic E-state index is 10.8. The zero-order chi connectivity index (χ0) is 12.1. The molecule has 94 valence electrons. The third kappa shape index (κ3) is 4.15. The van der Waals surface area contributed by atoms with Gasteiger partial charge in [0, 0.05) is 13.0 Å². The van der Waals surface area contributed by atoms with Crippen molar-refractivity contribution in [3.63, 3.8) is 0 Å². The van der Waals surface area contributed by atoms with E-state index < -0.39 is 12.1 Å². The highest BCUT2D eigenvalue weighted by Gasteiger charge is 2.22. The van der Waals surface area contributed by atoms with Crippen molar-refractivity contribution in [2.24, 2.45) is 5.73 Å². The summed E-state index contributed by atoms with van der Waals surface area (Å²) < 4.78 is 14.4. The number of aromatic amines is 1. The number of H-pyrrole nitrogens is 1. The molecule has 0 aliphatic rings. The van der Waals surface area contributed by atoms with Crippen LogP contribution in [0.1, 0.15) is 6.92 Å². The maximum atomic E-state index is 10.8. The van der Waals surface area contributed by atoms with Crippen molar-refractivity contribution in [3.05, 3.63) is 12.3 Å². The highest BCUT2D eigenvalue weighted by atomic mass is 35.5. The first-order valence-electron chi connectivity index (χ1n) is 4.29. The standard InChI is InChI=1S/C9H10N2O5.ClH/c1-5(12)15-6-3-4-11-8(14-2)7(6)16-9(10)13;/h3-4H,1-2H3,(H2,10,13);1H. The van der Waals surface area contributed by atoms with Crippen molar-refractivity contribution >= 4 is 12.1 Å². The third-order valence-electron chi connectivity index (χ3n) is 1.54. The molecule has 0 radical (unpaired) electrons. The molecular formula is C9H11ClN2O5. The average Bonchev–Trinajstić information content (AvgIpc) is 2.19. The summed E-state index contributed by atoms with van der Waals surface area (Å²) in [6.07, 6.45) is 0.427. The first-order chi connectivity index (χ1) is 7.54. The number of hydrogen-bond acceptors (Lipinski definition) is 5. The molecule has 3 N–H and O–H groups in total. The Morgan fingerprint density at radius 1 is 1.35 bits per heavy atom. The smallest absolute Gasteiger partial charge is 0.414 e. The van der Waals surface area contributed by atoms with Crippen LogP contribution in [-0.4, -0.2) is 19.2 Å². The van der Waals surface area contributed by atoms with Gasteiger partial charge in [-0.2, -0.15) is 4.98 Å². The number of carbonyl (C=O) groups is 2. The van der Waals surface area contributed by atoms with E-state index in [1.54, 1.807) is 0 Å². The quantitative estimate of drug-likeness (QED) is 0.581. The SMILES string of the molecule is COc1[nH+]ccc(OC(C)=O)c1OC(N)=O.[Cl-]. The van der Waals surface area contributed by atoms with E-state index in [0.29, 0.717) is 0 Å². The van der Waals surface area contributed by atoms with Crippen LogP contribution in [0.15, 0.2) is 12.3 Å². The lowest BCUT2D eigenvalue weighted by Crippen LogP contribution is -3.00. The van der Waals surface area contributed by atoms with Gasteiger partial charge < -0.3 is 32.4 Å². The molecule has 0 fully saturated rings. The molecular weight excluding hydrogens is 252 g/mol. The molecule has 0 aliphatic heterocycles. The van der Waals surface area contributed by atoms with E-state index in [1.165, 1.54) is 26.3 Å². The van der Waals surface area contributed by atoms with Gasteiger partial charge in [0.25, 0.3) is 5.75 Å². The lowest BCUT2D eigenvalue weighted by molar-refractivity contribution is -0.393. The summed E-state index contributed by atoms with van der Waals surface area (Å²) in [4.78, 5) is 24.1. The molecule has 0 aliphatic carbocycles. The number of nitrogens with one attached hydrogen (secondary N) is 1. The van der Waals surface area contributed by atoms with Crippen molar-refractivity contribution in [3.8, 4) is 17.4 Å². The van der Waals surface area contributed by atoms with Crippen LogP contribution in [-0.2, 0) is 4.79 Å². The molecule has 17 heavy (non-hydrogen) atoms. The number of rotatable bonds is 3. The monoisotopic (exact) mass is 262 g/mol. The van der Waals surface area contributed by atoms with Gasteiger partial charge in [-0.3, -0.25) is 4.79 Å². The summed E-state index contributed by atoms with van der Waals surface area (Å²) in [5.74, 6) is -0.463. The molecule has 0 saturated carbocycles. The van der Waals surface area contributed by atoms with E-state index in [1.807, 2.05) is 0 Å². The van der Waals surface area contributed by atoms with Gasteiger partial charge in [-0.25, -0.2) is 4.79 Å². The lowest BCUT2D eigenvalue weighted by Gasteiger charge is -2.06. The number of hydrogen-bond donors (Lipinski definition) is 1. The van der Waals surface area contributed by atoms with Gasteiger partial charge in [0.15, 0.2) is 11.9 Å². The molecule has 0 atom stereocenters. The first-order valence-corrected chi connectivity index (χ1v) is 4.29. The van der Waals surface area contributed by atoms with Crippen LogP contribution in [0.2, 0.25) is 0 Å². The normalized spacial score (nSPS) is 8.82. The van der Waals surface area contributed by atoms with E-state index in [2.05, 4.69) is 9.72 Å². The second-order valence-electron chi connectivity index (χ2n) is 2.72. The van der Waals surface area contributed by atoms with E-state index >= 15 is 0 Å². The Morgan fingerprint density at radius 3 is 2.47 bits per heavy atom. The number of ether oxygens (including phenoxy) is 3. The first kappa shape index (κ1) is 15.0. The zero-order valence-electron chi connectivity index (χ0n) is 9.15. The summed E-state index contributed by atoms with van der Waals surface area (Å²) >= 11 is 0. The molecule has 1 amide bonds. The van der Waals surface area contributed by atoms with Crippen LogP contribution < -0.4 is 37.3 Å². The highest BCUT2D eigenvalue weighted by Crippen LogP contribution is 2.33. The molecule has 1 aromatic heterocycles. The fraction of sp³-hybridized carbons (Fsp3) is 0.222. The lowest BCUT2D eigenvalue weighted by atomic mass is 10.4. The van der Waals surface area contributed by atoms with E-state index in [0.717, 1.165) is 0 Å². The van der Waals surface area contributed by atoms with Gasteiger partial charge in [0.1, 0.15) is 0 Å². The number of carbonyl (C=O) groups excluding carboxylic acids is 2. The van der Waals surface area contributed by atoms with Crippen molar-refractivity contribution in [1.82, 2.24) is 0 Å². The zero-order valence-corrected chi connectivity index (χ0v) is 9.91. The molecule has 8 heteroatoms. The summed E-state index contributed by atoms with van der Waals surface area (Å²) in [5.41, 5.74) is 4.88. The molecule has 0 unspecified atom stereocenters.